The average Bonchev–Trinajstić information content (AvgIpc) is 3.24. The van der Waals surface area contributed by atoms with Gasteiger partial charge in [0, 0.05) is 23.3 Å². The van der Waals surface area contributed by atoms with E-state index in [1.165, 1.54) is 48.1 Å². The summed E-state index contributed by atoms with van der Waals surface area (Å²) in [5.74, 6) is -0.150. The SMILES string of the molecule is CC(=Cc1cc(C)c(-c2ccc(NC3CCCC3)cc2)cc1C)C(=O)N[C@H](C)CO. The molecule has 1 aliphatic carbocycles. The lowest BCUT2D eigenvalue weighted by atomic mass is 9.94. The number of benzene rings is 2. The molecule has 0 aliphatic heterocycles. The molecule has 30 heavy (non-hydrogen) atoms. The van der Waals surface area contributed by atoms with Crippen LogP contribution >= 0.6 is 0 Å². The monoisotopic (exact) mass is 406 g/mol. The minimum absolute atomic E-state index is 0.0686. The molecule has 4 heteroatoms. The summed E-state index contributed by atoms with van der Waals surface area (Å²) < 4.78 is 0. The van der Waals surface area contributed by atoms with E-state index in [1.54, 1.807) is 13.8 Å². The van der Waals surface area contributed by atoms with Crippen molar-refractivity contribution in [3.63, 3.8) is 0 Å². The molecule has 0 saturated heterocycles. The molecule has 1 aliphatic rings. The van der Waals surface area contributed by atoms with Crippen LogP contribution in [-0.4, -0.2) is 29.7 Å². The molecule has 0 spiro atoms. The third-order valence-corrected chi connectivity index (χ3v) is 5.92. The second-order valence-electron chi connectivity index (χ2n) is 8.61. The standard InChI is InChI=1S/C26H34N2O2/c1-17-15-25(21-9-11-24(12-10-21)28-23-7-5-6-8-23)18(2)13-22(17)14-19(3)26(30)27-20(4)16-29/h9-15,20,23,28-29H,5-8,16H2,1-4H3,(H,27,30)/t20-/m1/s1. The van der Waals surface area contributed by atoms with E-state index in [0.717, 1.165) is 11.1 Å². The van der Waals surface area contributed by atoms with Crippen molar-refractivity contribution in [2.45, 2.75) is 65.5 Å². The normalized spacial score (nSPS) is 15.8. The van der Waals surface area contributed by atoms with Gasteiger partial charge in [0.15, 0.2) is 0 Å². The van der Waals surface area contributed by atoms with Gasteiger partial charge in [-0.15, -0.1) is 0 Å². The highest BCUT2D eigenvalue weighted by Crippen LogP contribution is 2.29. The fourth-order valence-electron chi connectivity index (χ4n) is 4.04. The van der Waals surface area contributed by atoms with Gasteiger partial charge in [-0.05, 0) is 86.6 Å². The van der Waals surface area contributed by atoms with Crippen LogP contribution in [0.5, 0.6) is 0 Å². The maximum atomic E-state index is 12.3. The Morgan fingerprint density at radius 3 is 2.43 bits per heavy atom. The summed E-state index contributed by atoms with van der Waals surface area (Å²) in [6.45, 7) is 7.70. The predicted molar refractivity (Wildman–Crippen MR) is 126 cm³/mol. The molecule has 0 heterocycles. The molecule has 1 saturated carbocycles. The smallest absolute Gasteiger partial charge is 0.247 e. The molecule has 3 rings (SSSR count). The molecule has 4 nitrogen and oxygen atoms in total. The van der Waals surface area contributed by atoms with Crippen molar-refractivity contribution >= 4 is 17.7 Å². The summed E-state index contributed by atoms with van der Waals surface area (Å²) in [6, 6.07) is 13.4. The van der Waals surface area contributed by atoms with Crippen LogP contribution in [0.1, 0.15) is 56.2 Å². The van der Waals surface area contributed by atoms with Gasteiger partial charge in [0.25, 0.3) is 0 Å². The van der Waals surface area contributed by atoms with Crippen molar-refractivity contribution in [3.8, 4) is 11.1 Å². The summed E-state index contributed by atoms with van der Waals surface area (Å²) in [7, 11) is 0. The molecular formula is C26H34N2O2. The topological polar surface area (TPSA) is 61.4 Å². The number of hydrogen-bond donors (Lipinski definition) is 3. The lowest BCUT2D eigenvalue weighted by Gasteiger charge is -2.15. The Morgan fingerprint density at radius 1 is 1.13 bits per heavy atom. The molecule has 0 aromatic heterocycles. The highest BCUT2D eigenvalue weighted by atomic mass is 16.3. The molecule has 1 fully saturated rings. The quantitative estimate of drug-likeness (QED) is 0.552. The van der Waals surface area contributed by atoms with Gasteiger partial charge in [0.05, 0.1) is 6.61 Å². The van der Waals surface area contributed by atoms with Gasteiger partial charge in [-0.1, -0.05) is 37.1 Å². The number of amides is 1. The maximum absolute atomic E-state index is 12.3. The highest BCUT2D eigenvalue weighted by Gasteiger charge is 2.14. The van der Waals surface area contributed by atoms with Gasteiger partial charge in [-0.25, -0.2) is 0 Å². The van der Waals surface area contributed by atoms with E-state index in [1.807, 2.05) is 6.08 Å². The minimum atomic E-state index is -0.253. The van der Waals surface area contributed by atoms with Crippen LogP contribution in [0.15, 0.2) is 42.0 Å². The van der Waals surface area contributed by atoms with Gasteiger partial charge in [-0.2, -0.15) is 0 Å². The van der Waals surface area contributed by atoms with Crippen LogP contribution in [0.25, 0.3) is 17.2 Å². The number of nitrogens with one attached hydrogen (secondary N) is 2. The summed E-state index contributed by atoms with van der Waals surface area (Å²) in [6.07, 6.45) is 7.12. The number of anilines is 1. The van der Waals surface area contributed by atoms with Crippen molar-refractivity contribution in [1.82, 2.24) is 5.32 Å². The Balaban J connectivity index is 1.77. The van der Waals surface area contributed by atoms with E-state index >= 15 is 0 Å². The van der Waals surface area contributed by atoms with Crippen LogP contribution in [0.3, 0.4) is 0 Å². The lowest BCUT2D eigenvalue weighted by Crippen LogP contribution is -2.35. The first kappa shape index (κ1) is 22.1. The fourth-order valence-corrected chi connectivity index (χ4v) is 4.04. The molecule has 160 valence electrons. The number of aliphatic hydroxyl groups is 1. The van der Waals surface area contributed by atoms with Gasteiger partial charge < -0.3 is 15.7 Å². The first-order valence-corrected chi connectivity index (χ1v) is 11.0. The molecule has 2 aromatic carbocycles. The second kappa shape index (κ2) is 9.94. The first-order chi connectivity index (χ1) is 14.4. The molecular weight excluding hydrogens is 372 g/mol. The summed E-state index contributed by atoms with van der Waals surface area (Å²) in [5, 5.41) is 15.6. The molecule has 0 unspecified atom stereocenters. The van der Waals surface area contributed by atoms with Gasteiger partial charge >= 0.3 is 0 Å². The Hall–Kier alpha value is -2.59. The van der Waals surface area contributed by atoms with Crippen LogP contribution in [0.2, 0.25) is 0 Å². The number of aryl methyl sites for hydroxylation is 2. The molecule has 0 bridgehead atoms. The third kappa shape index (κ3) is 5.51. The van der Waals surface area contributed by atoms with E-state index in [2.05, 4.69) is 60.9 Å². The zero-order valence-corrected chi connectivity index (χ0v) is 18.6. The first-order valence-electron chi connectivity index (χ1n) is 11.0. The molecule has 3 N–H and O–H groups in total. The predicted octanol–water partition coefficient (Wildman–Crippen LogP) is 5.23. The molecule has 0 radical (unpaired) electrons. The molecule has 1 atom stereocenters. The summed E-state index contributed by atoms with van der Waals surface area (Å²) >= 11 is 0. The zero-order valence-electron chi connectivity index (χ0n) is 18.6. The van der Waals surface area contributed by atoms with Crippen LogP contribution in [0.4, 0.5) is 5.69 Å². The van der Waals surface area contributed by atoms with Crippen molar-refractivity contribution in [3.05, 3.63) is 58.7 Å². The largest absolute Gasteiger partial charge is 0.394 e. The van der Waals surface area contributed by atoms with E-state index in [9.17, 15) is 4.79 Å². The highest BCUT2D eigenvalue weighted by molar-refractivity contribution is 5.97. The average molecular weight is 407 g/mol. The fraction of sp³-hybridized carbons (Fsp3) is 0.423. The van der Waals surface area contributed by atoms with Crippen molar-refractivity contribution < 1.29 is 9.90 Å². The lowest BCUT2D eigenvalue weighted by molar-refractivity contribution is -0.118. The number of hydrogen-bond acceptors (Lipinski definition) is 3. The van der Waals surface area contributed by atoms with E-state index in [4.69, 9.17) is 5.11 Å². The van der Waals surface area contributed by atoms with E-state index in [-0.39, 0.29) is 18.6 Å². The van der Waals surface area contributed by atoms with Crippen molar-refractivity contribution in [2.24, 2.45) is 0 Å². The van der Waals surface area contributed by atoms with Crippen LogP contribution in [0, 0.1) is 13.8 Å². The Labute approximate surface area is 180 Å². The molecule has 1 amide bonds. The second-order valence-corrected chi connectivity index (χ2v) is 8.61. The maximum Gasteiger partial charge on any atom is 0.247 e. The third-order valence-electron chi connectivity index (χ3n) is 5.92. The Morgan fingerprint density at radius 2 is 1.80 bits per heavy atom. The van der Waals surface area contributed by atoms with Gasteiger partial charge in [0.1, 0.15) is 0 Å². The van der Waals surface area contributed by atoms with Crippen molar-refractivity contribution in [1.29, 1.82) is 0 Å². The zero-order chi connectivity index (χ0) is 21.7. The summed E-state index contributed by atoms with van der Waals surface area (Å²) in [5.41, 5.74) is 7.60. The Kier molecular flexibility index (Phi) is 7.33. The van der Waals surface area contributed by atoms with Crippen LogP contribution in [-0.2, 0) is 4.79 Å². The Bertz CT molecular complexity index is 909. The van der Waals surface area contributed by atoms with E-state index < -0.39 is 0 Å². The van der Waals surface area contributed by atoms with E-state index in [0.29, 0.717) is 11.6 Å². The van der Waals surface area contributed by atoms with Gasteiger partial charge in [0.2, 0.25) is 5.91 Å². The van der Waals surface area contributed by atoms with Gasteiger partial charge in [-0.3, -0.25) is 4.79 Å². The number of rotatable bonds is 7. The van der Waals surface area contributed by atoms with Crippen molar-refractivity contribution in [2.75, 3.05) is 11.9 Å². The summed E-state index contributed by atoms with van der Waals surface area (Å²) in [4.78, 5) is 12.3. The van der Waals surface area contributed by atoms with Crippen LogP contribution < -0.4 is 10.6 Å². The number of carbonyl (C=O) groups is 1. The number of carbonyl (C=O) groups excluding carboxylic acids is 1. The molecule has 2 aromatic rings. The minimum Gasteiger partial charge on any atom is -0.394 e. The number of aliphatic hydroxyl groups excluding tert-OH is 1.